The van der Waals surface area contributed by atoms with Gasteiger partial charge in [0.15, 0.2) is 0 Å². The summed E-state index contributed by atoms with van der Waals surface area (Å²) in [6.07, 6.45) is -0.273. The van der Waals surface area contributed by atoms with Crippen LogP contribution in [0, 0.1) is 0 Å². The summed E-state index contributed by atoms with van der Waals surface area (Å²) in [4.78, 5) is 24.6. The van der Waals surface area contributed by atoms with Crippen LogP contribution in [0.4, 0.5) is 10.5 Å². The Kier molecular flexibility index (Phi) is 4.05. The summed E-state index contributed by atoms with van der Waals surface area (Å²) in [7, 11) is 0. The Morgan fingerprint density at radius 3 is 2.27 bits per heavy atom. The van der Waals surface area contributed by atoms with Gasteiger partial charge in [-0.2, -0.15) is 0 Å². The number of hydrogen-bond acceptors (Lipinski definition) is 3. The van der Waals surface area contributed by atoms with Crippen molar-refractivity contribution in [1.29, 1.82) is 0 Å². The molecule has 0 unspecified atom stereocenters. The Labute approximate surface area is 128 Å². The topological polar surface area (TPSA) is 49.9 Å². The van der Waals surface area contributed by atoms with Gasteiger partial charge >= 0.3 is 6.09 Å². The van der Waals surface area contributed by atoms with Crippen LogP contribution in [0.1, 0.15) is 5.56 Å². The van der Waals surface area contributed by atoms with E-state index in [0.717, 1.165) is 5.56 Å². The monoisotopic (exact) mass is 296 g/mol. The number of hydrazine groups is 1. The van der Waals surface area contributed by atoms with Gasteiger partial charge in [0.05, 0.1) is 18.7 Å². The molecule has 112 valence electrons. The van der Waals surface area contributed by atoms with E-state index in [1.54, 1.807) is 12.1 Å². The fourth-order valence-electron chi connectivity index (χ4n) is 2.40. The minimum atomic E-state index is -0.495. The fraction of sp³-hybridized carbons (Fsp3) is 0.176. The number of carbonyl (C=O) groups excluding carboxylic acids is 2. The normalized spacial score (nSPS) is 13.8. The number of nitrogens with zero attached hydrogens (tertiary/aromatic N) is 2. The predicted molar refractivity (Wildman–Crippen MR) is 82.1 cm³/mol. The highest BCUT2D eigenvalue weighted by Crippen LogP contribution is 2.20. The van der Waals surface area contributed by atoms with Gasteiger partial charge in [0.25, 0.3) is 0 Å². The Morgan fingerprint density at radius 2 is 1.68 bits per heavy atom. The van der Waals surface area contributed by atoms with Crippen LogP contribution in [0.25, 0.3) is 0 Å². The maximum atomic E-state index is 12.7. The van der Waals surface area contributed by atoms with Gasteiger partial charge in [0.1, 0.15) is 6.61 Å². The number of hydrogen-bond donors (Lipinski definition) is 0. The third kappa shape index (κ3) is 2.93. The van der Waals surface area contributed by atoms with Crippen molar-refractivity contribution >= 4 is 17.7 Å². The van der Waals surface area contributed by atoms with Crippen molar-refractivity contribution in [2.24, 2.45) is 0 Å². The average molecular weight is 296 g/mol. The molecule has 5 heteroatoms. The summed E-state index contributed by atoms with van der Waals surface area (Å²) in [5.41, 5.74) is 1.56. The van der Waals surface area contributed by atoms with Gasteiger partial charge in [-0.3, -0.25) is 4.79 Å². The van der Waals surface area contributed by atoms with E-state index in [9.17, 15) is 9.59 Å². The van der Waals surface area contributed by atoms with Crippen molar-refractivity contribution in [2.75, 3.05) is 18.2 Å². The summed E-state index contributed by atoms with van der Waals surface area (Å²) in [6.45, 7) is 0.662. The molecular weight excluding hydrogens is 280 g/mol. The first-order valence-corrected chi connectivity index (χ1v) is 7.12. The largest absolute Gasteiger partial charge is 0.446 e. The van der Waals surface area contributed by atoms with Gasteiger partial charge in [0, 0.05) is 0 Å². The van der Waals surface area contributed by atoms with Gasteiger partial charge < -0.3 is 4.74 Å². The van der Waals surface area contributed by atoms with Crippen molar-refractivity contribution in [3.8, 4) is 0 Å². The molecule has 1 fully saturated rings. The average Bonchev–Trinajstić information content (AvgIpc) is 2.96. The molecule has 1 aliphatic rings. The molecule has 1 heterocycles. The van der Waals surface area contributed by atoms with Gasteiger partial charge in [-0.05, 0) is 17.7 Å². The number of benzene rings is 2. The zero-order chi connectivity index (χ0) is 15.4. The smallest absolute Gasteiger partial charge is 0.429 e. The fourth-order valence-corrected chi connectivity index (χ4v) is 2.40. The van der Waals surface area contributed by atoms with Crippen molar-refractivity contribution in [1.82, 2.24) is 5.01 Å². The van der Waals surface area contributed by atoms with Gasteiger partial charge in [-0.1, -0.05) is 48.5 Å². The molecule has 3 rings (SSSR count). The molecular formula is C17H16N2O3. The molecule has 5 nitrogen and oxygen atoms in total. The van der Waals surface area contributed by atoms with Crippen LogP contribution in [-0.2, 0) is 16.0 Å². The number of para-hydroxylation sites is 1. The second-order valence-electron chi connectivity index (χ2n) is 4.94. The first-order chi connectivity index (χ1) is 10.8. The Hall–Kier alpha value is -2.82. The molecule has 1 aliphatic heterocycles. The molecule has 0 atom stereocenters. The number of anilines is 1. The summed E-state index contributed by atoms with van der Waals surface area (Å²) < 4.78 is 4.96. The molecule has 2 aromatic rings. The molecule has 2 amide bonds. The summed E-state index contributed by atoms with van der Waals surface area (Å²) in [5, 5.41) is 2.75. The van der Waals surface area contributed by atoms with Crippen molar-refractivity contribution in [3.63, 3.8) is 0 Å². The number of amides is 2. The van der Waals surface area contributed by atoms with E-state index in [-0.39, 0.29) is 12.3 Å². The lowest BCUT2D eigenvalue weighted by molar-refractivity contribution is -0.120. The summed E-state index contributed by atoms with van der Waals surface area (Å²) in [5.74, 6) is -0.170. The highest BCUT2D eigenvalue weighted by molar-refractivity contribution is 5.96. The minimum Gasteiger partial charge on any atom is -0.446 e. The molecule has 22 heavy (non-hydrogen) atoms. The highest BCUT2D eigenvalue weighted by atomic mass is 16.6. The van der Waals surface area contributed by atoms with Gasteiger partial charge in [0.2, 0.25) is 5.91 Å². The third-order valence-corrected chi connectivity index (χ3v) is 3.42. The zero-order valence-corrected chi connectivity index (χ0v) is 12.0. The lowest BCUT2D eigenvalue weighted by Crippen LogP contribution is -2.48. The van der Waals surface area contributed by atoms with Gasteiger partial charge in [-0.15, -0.1) is 0 Å². The first-order valence-electron chi connectivity index (χ1n) is 7.12. The number of ether oxygens (including phenoxy) is 1. The zero-order valence-electron chi connectivity index (χ0n) is 12.0. The summed E-state index contributed by atoms with van der Waals surface area (Å²) >= 11 is 0. The Balaban J connectivity index is 1.88. The van der Waals surface area contributed by atoms with Crippen LogP contribution in [0.3, 0.4) is 0 Å². The number of carbonyl (C=O) groups is 2. The molecule has 0 bridgehead atoms. The first kappa shape index (κ1) is 14.1. The summed E-state index contributed by atoms with van der Waals surface area (Å²) in [6, 6.07) is 18.6. The van der Waals surface area contributed by atoms with E-state index in [1.165, 1.54) is 10.0 Å². The van der Waals surface area contributed by atoms with Crippen LogP contribution in [0.15, 0.2) is 60.7 Å². The minimum absolute atomic E-state index is 0.170. The predicted octanol–water partition coefficient (Wildman–Crippen LogP) is 2.63. The molecule has 0 radical (unpaired) electrons. The lowest BCUT2D eigenvalue weighted by Gasteiger charge is -2.29. The van der Waals surface area contributed by atoms with Crippen LogP contribution in [0.2, 0.25) is 0 Å². The number of rotatable bonds is 4. The van der Waals surface area contributed by atoms with E-state index < -0.39 is 6.09 Å². The third-order valence-electron chi connectivity index (χ3n) is 3.42. The SMILES string of the molecule is O=C1OCCN1N(C(=O)Cc1ccccc1)c1ccccc1. The van der Waals surface area contributed by atoms with Crippen molar-refractivity contribution in [2.45, 2.75) is 6.42 Å². The molecule has 0 aliphatic carbocycles. The van der Waals surface area contributed by atoms with Crippen LogP contribution in [-0.4, -0.2) is 30.2 Å². The maximum Gasteiger partial charge on any atom is 0.429 e. The van der Waals surface area contributed by atoms with Crippen molar-refractivity contribution < 1.29 is 14.3 Å². The number of cyclic esters (lactones) is 1. The van der Waals surface area contributed by atoms with Crippen LogP contribution in [0.5, 0.6) is 0 Å². The van der Waals surface area contributed by atoms with Crippen LogP contribution >= 0.6 is 0 Å². The molecule has 2 aromatic carbocycles. The van der Waals surface area contributed by atoms with E-state index in [4.69, 9.17) is 4.74 Å². The van der Waals surface area contributed by atoms with E-state index in [2.05, 4.69) is 0 Å². The van der Waals surface area contributed by atoms with Crippen LogP contribution < -0.4 is 5.01 Å². The standard InChI is InChI=1S/C17H16N2O3/c20-16(13-14-7-3-1-4-8-14)19(15-9-5-2-6-10-15)18-11-12-22-17(18)21/h1-10H,11-13H2. The molecule has 0 spiro atoms. The van der Waals surface area contributed by atoms with E-state index in [1.807, 2.05) is 48.5 Å². The Morgan fingerprint density at radius 1 is 1.05 bits per heavy atom. The van der Waals surface area contributed by atoms with E-state index in [0.29, 0.717) is 18.8 Å². The highest BCUT2D eigenvalue weighted by Gasteiger charge is 2.32. The van der Waals surface area contributed by atoms with Gasteiger partial charge in [-0.25, -0.2) is 14.8 Å². The molecule has 0 aromatic heterocycles. The second kappa shape index (κ2) is 6.30. The quantitative estimate of drug-likeness (QED) is 0.871. The Bertz CT molecular complexity index is 658. The maximum absolute atomic E-state index is 12.7. The van der Waals surface area contributed by atoms with E-state index >= 15 is 0 Å². The molecule has 0 N–H and O–H groups in total. The van der Waals surface area contributed by atoms with Crippen molar-refractivity contribution in [3.05, 3.63) is 66.2 Å². The molecule has 1 saturated heterocycles. The lowest BCUT2D eigenvalue weighted by atomic mass is 10.1. The second-order valence-corrected chi connectivity index (χ2v) is 4.94. The molecule has 0 saturated carbocycles.